The summed E-state index contributed by atoms with van der Waals surface area (Å²) >= 11 is 0. The molecule has 0 saturated heterocycles. The number of amides is 2. The van der Waals surface area contributed by atoms with Crippen molar-refractivity contribution in [3.05, 3.63) is 42.7 Å². The molecule has 0 bridgehead atoms. The van der Waals surface area contributed by atoms with Crippen LogP contribution in [0.4, 0.5) is 10.5 Å². The molecule has 3 heterocycles. The van der Waals surface area contributed by atoms with E-state index in [1.165, 1.54) is 20.4 Å². The number of urea groups is 1. The van der Waals surface area contributed by atoms with Crippen molar-refractivity contribution in [2.24, 2.45) is 14.9 Å². The van der Waals surface area contributed by atoms with E-state index in [9.17, 15) is 9.00 Å². The summed E-state index contributed by atoms with van der Waals surface area (Å²) in [6.45, 7) is 5.01. The largest absolute Gasteiger partial charge is 0.497 e. The van der Waals surface area contributed by atoms with Crippen LogP contribution in [0.2, 0.25) is 0 Å². The second-order valence-corrected chi connectivity index (χ2v) is 10.3. The maximum absolute atomic E-state index is 13.2. The van der Waals surface area contributed by atoms with Gasteiger partial charge in [0.1, 0.15) is 10.6 Å². The molecule has 2 amide bonds. The molecule has 0 radical (unpaired) electrons. The number of pyridine rings is 1. The number of nitrogens with one attached hydrogen (secondary N) is 1. The molecular formula is C22H26N6O5S. The predicted octanol–water partition coefficient (Wildman–Crippen LogP) is 3.31. The number of aromatic nitrogens is 3. The lowest BCUT2D eigenvalue weighted by Crippen LogP contribution is -2.33. The molecule has 180 valence electrons. The van der Waals surface area contributed by atoms with Crippen LogP contribution in [0.5, 0.6) is 17.5 Å². The number of nitrogens with two attached hydrogens (primary N) is 1. The molecule has 4 rings (SSSR count). The molecule has 34 heavy (non-hydrogen) atoms. The van der Waals surface area contributed by atoms with Crippen molar-refractivity contribution in [2.75, 3.05) is 26.1 Å². The number of nitrogens with zero attached hydrogens (tertiary/aromatic N) is 4. The number of ether oxygens (including phenoxy) is 3. The zero-order valence-corrected chi connectivity index (χ0v) is 20.1. The number of methoxy groups -OCH3 is 2. The summed E-state index contributed by atoms with van der Waals surface area (Å²) in [5, 5.41) is 12.9. The minimum Gasteiger partial charge on any atom is -0.497 e. The molecule has 1 unspecified atom stereocenters. The van der Waals surface area contributed by atoms with E-state index in [1.807, 2.05) is 13.8 Å². The van der Waals surface area contributed by atoms with Crippen molar-refractivity contribution >= 4 is 21.6 Å². The molecule has 1 atom stereocenters. The van der Waals surface area contributed by atoms with E-state index in [0.29, 0.717) is 36.0 Å². The first kappa shape index (κ1) is 23.5. The lowest BCUT2D eigenvalue weighted by atomic mass is 9.94. The van der Waals surface area contributed by atoms with Gasteiger partial charge in [-0.3, -0.25) is 0 Å². The minimum absolute atomic E-state index is 0.0721. The van der Waals surface area contributed by atoms with Gasteiger partial charge in [-0.15, -0.1) is 4.36 Å². The Labute approximate surface area is 197 Å². The standard InChI is InChI=1S/C22H26N6O5S/c1-22(2)12-28-20(33-13-22)18(11-25-28)34(23,30)27-21(29)26-17-10-15(31-3)5-6-16(17)14-7-8-24-19(9-14)32-4/h5-11H,12-13H2,1-4H3,(H3,23,26,27,29,30). The molecule has 0 spiro atoms. The van der Waals surface area contributed by atoms with E-state index in [0.717, 1.165) is 5.56 Å². The predicted molar refractivity (Wildman–Crippen MR) is 126 cm³/mol. The fraction of sp³-hybridized carbons (Fsp3) is 0.318. The van der Waals surface area contributed by atoms with Crippen LogP contribution < -0.4 is 24.7 Å². The van der Waals surface area contributed by atoms with Gasteiger partial charge in [0.15, 0.2) is 9.92 Å². The number of benzene rings is 1. The summed E-state index contributed by atoms with van der Waals surface area (Å²) in [7, 11) is -0.600. The number of anilines is 1. The fourth-order valence-electron chi connectivity index (χ4n) is 3.54. The van der Waals surface area contributed by atoms with Crippen LogP contribution in [0, 0.1) is 5.41 Å². The number of hydrogen-bond acceptors (Lipinski definition) is 7. The Kier molecular flexibility index (Phi) is 6.19. The van der Waals surface area contributed by atoms with Crippen molar-refractivity contribution < 1.29 is 23.2 Å². The molecule has 0 fully saturated rings. The number of hydrogen-bond donors (Lipinski definition) is 2. The van der Waals surface area contributed by atoms with Gasteiger partial charge in [0.05, 0.1) is 39.3 Å². The van der Waals surface area contributed by atoms with E-state index in [1.54, 1.807) is 41.2 Å². The molecule has 0 aliphatic carbocycles. The highest BCUT2D eigenvalue weighted by atomic mass is 32.2. The summed E-state index contributed by atoms with van der Waals surface area (Å²) in [6.07, 6.45) is 2.92. The first-order chi connectivity index (χ1) is 16.1. The van der Waals surface area contributed by atoms with E-state index in [-0.39, 0.29) is 16.2 Å². The monoisotopic (exact) mass is 486 g/mol. The SMILES string of the molecule is COc1ccc(-c2ccnc(OC)c2)c(NC(=O)N=S(N)(=O)c2cnn3c2OCC(C)(C)C3)c1. The Hall–Kier alpha value is -3.64. The number of carbonyl (C=O) groups is 1. The molecule has 3 N–H and O–H groups in total. The molecule has 1 aliphatic rings. The zero-order chi connectivity index (χ0) is 24.5. The number of fused-ring (bicyclic) bond motifs is 1. The topological polar surface area (TPSA) is 143 Å². The molecular weight excluding hydrogens is 460 g/mol. The molecule has 1 aliphatic heterocycles. The fourth-order valence-corrected chi connectivity index (χ4v) is 4.54. The lowest BCUT2D eigenvalue weighted by Gasteiger charge is -2.30. The van der Waals surface area contributed by atoms with Crippen molar-refractivity contribution in [3.63, 3.8) is 0 Å². The van der Waals surface area contributed by atoms with Crippen LogP contribution in [0.25, 0.3) is 11.1 Å². The van der Waals surface area contributed by atoms with Crippen LogP contribution in [-0.2, 0) is 16.5 Å². The Bertz CT molecular complexity index is 1360. The maximum Gasteiger partial charge on any atom is 0.354 e. The normalized spacial score (nSPS) is 15.9. The van der Waals surface area contributed by atoms with Gasteiger partial charge in [-0.25, -0.2) is 23.8 Å². The summed E-state index contributed by atoms with van der Waals surface area (Å²) in [6, 6.07) is 7.74. The summed E-state index contributed by atoms with van der Waals surface area (Å²) in [5.74, 6) is 1.18. The quantitative estimate of drug-likeness (QED) is 0.563. The summed E-state index contributed by atoms with van der Waals surface area (Å²) in [4.78, 5) is 17.0. The lowest BCUT2D eigenvalue weighted by molar-refractivity contribution is 0.0972. The third-order valence-corrected chi connectivity index (χ3v) is 6.54. The van der Waals surface area contributed by atoms with Crippen LogP contribution in [0.3, 0.4) is 0 Å². The Morgan fingerprint density at radius 2 is 2.06 bits per heavy atom. The van der Waals surface area contributed by atoms with Crippen LogP contribution in [-0.4, -0.2) is 45.8 Å². The molecule has 1 aromatic carbocycles. The first-order valence-corrected chi connectivity index (χ1v) is 11.9. The summed E-state index contributed by atoms with van der Waals surface area (Å²) in [5.41, 5.74) is 1.63. The van der Waals surface area contributed by atoms with Crippen molar-refractivity contribution in [2.45, 2.75) is 25.3 Å². The van der Waals surface area contributed by atoms with Crippen LogP contribution in [0.15, 0.2) is 52.0 Å². The second kappa shape index (κ2) is 8.95. The van der Waals surface area contributed by atoms with Gasteiger partial charge >= 0.3 is 6.03 Å². The maximum atomic E-state index is 13.2. The molecule has 11 nitrogen and oxygen atoms in total. The van der Waals surface area contributed by atoms with Gasteiger partial charge in [-0.05, 0) is 23.8 Å². The molecule has 2 aromatic heterocycles. The van der Waals surface area contributed by atoms with Gasteiger partial charge in [-0.1, -0.05) is 13.8 Å². The molecule has 3 aromatic rings. The van der Waals surface area contributed by atoms with Crippen molar-refractivity contribution in [3.8, 4) is 28.6 Å². The highest BCUT2D eigenvalue weighted by Crippen LogP contribution is 2.34. The second-order valence-electron chi connectivity index (χ2n) is 8.51. The Morgan fingerprint density at radius 3 is 2.79 bits per heavy atom. The van der Waals surface area contributed by atoms with Gasteiger partial charge in [0, 0.05) is 29.3 Å². The van der Waals surface area contributed by atoms with E-state index < -0.39 is 15.9 Å². The highest BCUT2D eigenvalue weighted by molar-refractivity contribution is 7.91. The minimum atomic E-state index is -3.63. The van der Waals surface area contributed by atoms with Gasteiger partial charge in [0.25, 0.3) is 0 Å². The molecule has 0 saturated carbocycles. The van der Waals surface area contributed by atoms with E-state index in [4.69, 9.17) is 19.3 Å². The summed E-state index contributed by atoms with van der Waals surface area (Å²) < 4.78 is 34.8. The third-order valence-electron chi connectivity index (χ3n) is 5.19. The highest BCUT2D eigenvalue weighted by Gasteiger charge is 2.32. The number of carbonyl (C=O) groups excluding carboxylic acids is 1. The van der Waals surface area contributed by atoms with Crippen molar-refractivity contribution in [1.29, 1.82) is 0 Å². The number of rotatable bonds is 5. The van der Waals surface area contributed by atoms with Gasteiger partial charge in [0.2, 0.25) is 11.8 Å². The zero-order valence-electron chi connectivity index (χ0n) is 19.3. The smallest absolute Gasteiger partial charge is 0.354 e. The Balaban J connectivity index is 1.66. The van der Waals surface area contributed by atoms with Crippen LogP contribution >= 0.6 is 0 Å². The molecule has 12 heteroatoms. The average molecular weight is 487 g/mol. The van der Waals surface area contributed by atoms with E-state index in [2.05, 4.69) is 19.8 Å². The first-order valence-electron chi connectivity index (χ1n) is 10.3. The third kappa shape index (κ3) is 4.82. The van der Waals surface area contributed by atoms with E-state index >= 15 is 0 Å². The van der Waals surface area contributed by atoms with Gasteiger partial charge < -0.3 is 19.5 Å². The van der Waals surface area contributed by atoms with Crippen LogP contribution in [0.1, 0.15) is 13.8 Å². The van der Waals surface area contributed by atoms with Crippen molar-refractivity contribution in [1.82, 2.24) is 14.8 Å². The van der Waals surface area contributed by atoms with Gasteiger partial charge in [-0.2, -0.15) is 5.10 Å². The Morgan fingerprint density at radius 1 is 1.26 bits per heavy atom. The average Bonchev–Trinajstić information content (AvgIpc) is 3.21.